The normalized spacial score (nSPS) is 10.5. The minimum Gasteiger partial charge on any atom is -0.497 e. The molecule has 0 bridgehead atoms. The van der Waals surface area contributed by atoms with Crippen LogP contribution in [0.15, 0.2) is 51.7 Å². The van der Waals surface area contributed by atoms with Gasteiger partial charge in [-0.05, 0) is 24.3 Å². The summed E-state index contributed by atoms with van der Waals surface area (Å²) in [7, 11) is 1.46. The molecule has 0 saturated carbocycles. The predicted molar refractivity (Wildman–Crippen MR) is 95.1 cm³/mol. The number of halogens is 1. The van der Waals surface area contributed by atoms with E-state index in [1.165, 1.54) is 43.5 Å². The van der Waals surface area contributed by atoms with Crippen molar-refractivity contribution in [1.29, 1.82) is 0 Å². The second-order valence-electron chi connectivity index (χ2n) is 5.20. The highest BCUT2D eigenvalue weighted by Gasteiger charge is 2.18. The Morgan fingerprint density at radius 2 is 2.04 bits per heavy atom. The quantitative estimate of drug-likeness (QED) is 0.424. The van der Waals surface area contributed by atoms with Crippen LogP contribution in [0.1, 0.15) is 10.4 Å². The molecule has 0 aliphatic heterocycles. The largest absolute Gasteiger partial charge is 0.497 e. The number of carbonyl (C=O) groups excluding carboxylic acids is 1. The van der Waals surface area contributed by atoms with Gasteiger partial charge in [-0.2, -0.15) is 0 Å². The Bertz CT molecular complexity index is 1090. The molecule has 0 radical (unpaired) electrons. The van der Waals surface area contributed by atoms with Crippen LogP contribution in [0.2, 0.25) is 5.02 Å². The van der Waals surface area contributed by atoms with Crippen molar-refractivity contribution < 1.29 is 18.9 Å². The molecular formula is C17H11ClN2O6. The Kier molecular flexibility index (Phi) is 4.59. The van der Waals surface area contributed by atoms with Crippen molar-refractivity contribution in [2.75, 3.05) is 12.4 Å². The number of benzene rings is 2. The fraction of sp³-hybridized carbons (Fsp3) is 0.0588. The summed E-state index contributed by atoms with van der Waals surface area (Å²) < 4.78 is 10.0. The average molecular weight is 375 g/mol. The smallest absolute Gasteiger partial charge is 0.360 e. The zero-order valence-electron chi connectivity index (χ0n) is 13.3. The molecule has 0 fully saturated rings. The number of nitro benzene ring substituents is 1. The molecular weight excluding hydrogens is 364 g/mol. The summed E-state index contributed by atoms with van der Waals surface area (Å²) in [5.74, 6) is -0.154. The third-order valence-electron chi connectivity index (χ3n) is 3.60. The first-order valence-corrected chi connectivity index (χ1v) is 7.64. The van der Waals surface area contributed by atoms with Gasteiger partial charge in [-0.25, -0.2) is 4.79 Å². The number of rotatable bonds is 4. The lowest BCUT2D eigenvalue weighted by atomic mass is 10.2. The van der Waals surface area contributed by atoms with Crippen molar-refractivity contribution in [3.8, 4) is 5.75 Å². The summed E-state index contributed by atoms with van der Waals surface area (Å²) in [6, 6.07) is 9.97. The molecule has 0 aliphatic carbocycles. The maximum Gasteiger partial charge on any atom is 0.360 e. The Balaban J connectivity index is 1.99. The van der Waals surface area contributed by atoms with E-state index in [1.54, 1.807) is 6.07 Å². The molecule has 1 heterocycles. The number of para-hydroxylation sites is 1. The number of nitrogens with zero attached hydrogens (tertiary/aromatic N) is 1. The van der Waals surface area contributed by atoms with E-state index < -0.39 is 16.5 Å². The summed E-state index contributed by atoms with van der Waals surface area (Å²) in [4.78, 5) is 34.8. The fourth-order valence-electron chi connectivity index (χ4n) is 2.36. The van der Waals surface area contributed by atoms with Crippen molar-refractivity contribution in [2.24, 2.45) is 0 Å². The number of nitro groups is 1. The Hall–Kier alpha value is -3.39. The molecule has 0 spiro atoms. The van der Waals surface area contributed by atoms with Crippen LogP contribution >= 0.6 is 11.6 Å². The first-order valence-electron chi connectivity index (χ1n) is 7.27. The van der Waals surface area contributed by atoms with E-state index in [4.69, 9.17) is 20.8 Å². The molecule has 0 unspecified atom stereocenters. The molecule has 8 nitrogen and oxygen atoms in total. The van der Waals surface area contributed by atoms with Gasteiger partial charge in [0.2, 0.25) is 5.58 Å². The number of hydrogen-bond donors (Lipinski definition) is 1. The molecule has 0 saturated heterocycles. The fourth-order valence-corrected chi connectivity index (χ4v) is 2.61. The molecule has 0 aliphatic rings. The zero-order valence-corrected chi connectivity index (χ0v) is 14.1. The van der Waals surface area contributed by atoms with Gasteiger partial charge < -0.3 is 14.5 Å². The van der Waals surface area contributed by atoms with E-state index in [0.717, 1.165) is 0 Å². The third kappa shape index (κ3) is 3.22. The Morgan fingerprint density at radius 3 is 2.69 bits per heavy atom. The lowest BCUT2D eigenvalue weighted by Gasteiger charge is -2.08. The molecule has 26 heavy (non-hydrogen) atoms. The van der Waals surface area contributed by atoms with Gasteiger partial charge in [-0.3, -0.25) is 14.9 Å². The maximum absolute atomic E-state index is 12.4. The highest BCUT2D eigenvalue weighted by molar-refractivity contribution is 6.34. The summed E-state index contributed by atoms with van der Waals surface area (Å²) in [5.41, 5.74) is -1.44. The molecule has 9 heteroatoms. The van der Waals surface area contributed by atoms with Gasteiger partial charge in [-0.15, -0.1) is 0 Å². The molecule has 2 aromatic carbocycles. The van der Waals surface area contributed by atoms with E-state index in [1.807, 2.05) is 0 Å². The Labute approximate surface area is 151 Å². The van der Waals surface area contributed by atoms with E-state index in [2.05, 4.69) is 5.32 Å². The topological polar surface area (TPSA) is 112 Å². The van der Waals surface area contributed by atoms with Crippen LogP contribution in [-0.2, 0) is 0 Å². The van der Waals surface area contributed by atoms with Crippen molar-refractivity contribution in [1.82, 2.24) is 0 Å². The van der Waals surface area contributed by atoms with E-state index in [0.29, 0.717) is 11.1 Å². The minimum absolute atomic E-state index is 0.131. The van der Waals surface area contributed by atoms with E-state index in [9.17, 15) is 19.7 Å². The Morgan fingerprint density at radius 1 is 1.27 bits per heavy atom. The van der Waals surface area contributed by atoms with Gasteiger partial charge >= 0.3 is 11.3 Å². The van der Waals surface area contributed by atoms with Crippen molar-refractivity contribution in [2.45, 2.75) is 0 Å². The van der Waals surface area contributed by atoms with Gasteiger partial charge in [0, 0.05) is 11.5 Å². The van der Waals surface area contributed by atoms with Crippen LogP contribution < -0.4 is 15.7 Å². The number of non-ortho nitro benzene ring substituents is 1. The second kappa shape index (κ2) is 6.85. The van der Waals surface area contributed by atoms with Crippen LogP contribution in [0.4, 0.5) is 11.4 Å². The number of anilines is 1. The highest BCUT2D eigenvalue weighted by Crippen LogP contribution is 2.26. The van der Waals surface area contributed by atoms with Crippen LogP contribution in [0.5, 0.6) is 5.75 Å². The number of ether oxygens (including phenoxy) is 1. The van der Waals surface area contributed by atoms with Crippen molar-refractivity contribution >= 4 is 39.9 Å². The molecule has 3 aromatic rings. The second-order valence-corrected chi connectivity index (χ2v) is 5.61. The van der Waals surface area contributed by atoms with Gasteiger partial charge in [0.05, 0.1) is 22.6 Å². The van der Waals surface area contributed by atoms with Crippen molar-refractivity contribution in [3.63, 3.8) is 0 Å². The highest BCUT2D eigenvalue weighted by atomic mass is 35.5. The van der Waals surface area contributed by atoms with Crippen LogP contribution in [0, 0.1) is 10.1 Å². The number of amides is 1. The van der Waals surface area contributed by atoms with Gasteiger partial charge in [0.25, 0.3) is 5.91 Å². The van der Waals surface area contributed by atoms with Gasteiger partial charge in [-0.1, -0.05) is 23.7 Å². The number of hydrogen-bond acceptors (Lipinski definition) is 6. The molecule has 1 aromatic heterocycles. The molecule has 1 N–H and O–H groups in total. The number of methoxy groups -OCH3 is 1. The standard InChI is InChI=1S/C17H11ClN2O6/c1-25-10-5-6-11(12(18)8-10)16(21)19-13-7-9-3-2-4-14(20(23)24)15(9)26-17(13)22/h2-8H,1H3,(H,19,21). The van der Waals surface area contributed by atoms with Crippen LogP contribution in [0.25, 0.3) is 11.0 Å². The lowest BCUT2D eigenvalue weighted by molar-refractivity contribution is -0.383. The predicted octanol–water partition coefficient (Wildman–Crippen LogP) is 3.62. The van der Waals surface area contributed by atoms with Gasteiger partial charge in [0.1, 0.15) is 11.4 Å². The maximum atomic E-state index is 12.4. The summed E-state index contributed by atoms with van der Waals surface area (Å²) >= 11 is 6.04. The summed E-state index contributed by atoms with van der Waals surface area (Å²) in [6.45, 7) is 0. The minimum atomic E-state index is -0.912. The van der Waals surface area contributed by atoms with Crippen LogP contribution in [0.3, 0.4) is 0 Å². The monoisotopic (exact) mass is 374 g/mol. The van der Waals surface area contributed by atoms with E-state index in [-0.39, 0.29) is 27.5 Å². The molecule has 0 atom stereocenters. The summed E-state index contributed by atoms with van der Waals surface area (Å²) in [6.07, 6.45) is 0. The molecule has 1 amide bonds. The third-order valence-corrected chi connectivity index (χ3v) is 3.92. The first kappa shape index (κ1) is 17.4. The van der Waals surface area contributed by atoms with E-state index >= 15 is 0 Å². The number of fused-ring (bicyclic) bond motifs is 1. The lowest BCUT2D eigenvalue weighted by Crippen LogP contribution is -2.18. The van der Waals surface area contributed by atoms with Gasteiger partial charge in [0.15, 0.2) is 0 Å². The first-order chi connectivity index (χ1) is 12.4. The SMILES string of the molecule is COc1ccc(C(=O)Nc2cc3cccc([N+](=O)[O-])c3oc2=O)c(Cl)c1. The van der Waals surface area contributed by atoms with Crippen molar-refractivity contribution in [3.05, 3.63) is 73.6 Å². The van der Waals surface area contributed by atoms with Crippen LogP contribution in [-0.4, -0.2) is 17.9 Å². The average Bonchev–Trinajstić information content (AvgIpc) is 2.61. The molecule has 132 valence electrons. The summed E-state index contributed by atoms with van der Waals surface area (Å²) in [5, 5.41) is 13.9. The zero-order chi connectivity index (χ0) is 18.8. The number of nitrogens with one attached hydrogen (secondary N) is 1. The molecule has 3 rings (SSSR count). The number of carbonyl (C=O) groups is 1.